The molecule has 4 heterocycles. The zero-order valence-corrected chi connectivity index (χ0v) is 46.4. The van der Waals surface area contributed by atoms with Crippen molar-refractivity contribution in [3.63, 3.8) is 0 Å². The number of benzene rings is 12. The number of hydrogen-bond acceptors (Lipinski definition) is 0. The number of hydrogen-bond donors (Lipinski definition) is 0. The van der Waals surface area contributed by atoms with Crippen LogP contribution in [0.5, 0.6) is 0 Å². The van der Waals surface area contributed by atoms with Crippen LogP contribution in [0.2, 0.25) is 0 Å². The number of fused-ring (bicyclic) bond motifs is 12. The molecule has 4 aromatic heterocycles. The summed E-state index contributed by atoms with van der Waals surface area (Å²) in [7, 11) is 7.17. The molecule has 0 aliphatic rings. The maximum atomic E-state index is 4.81. The Hall–Kier alpha value is -9.67. The molecule has 0 aliphatic heterocycles. The molecule has 16 rings (SSSR count). The molecule has 0 spiro atoms. The molecular formula is C76H60BN4P. The fourth-order valence-electron chi connectivity index (χ4n) is 12.6. The Morgan fingerprint density at radius 2 is 0.451 bits per heavy atom. The van der Waals surface area contributed by atoms with Gasteiger partial charge in [-0.1, -0.05) is 195 Å². The lowest BCUT2D eigenvalue weighted by molar-refractivity contribution is 1.16. The predicted molar refractivity (Wildman–Crippen MR) is 358 cm³/mol. The highest BCUT2D eigenvalue weighted by Gasteiger charge is 2.18. The van der Waals surface area contributed by atoms with Gasteiger partial charge in [-0.2, -0.15) is 0 Å². The third-order valence-electron chi connectivity index (χ3n) is 16.1. The molecule has 392 valence electrons. The van der Waals surface area contributed by atoms with E-state index in [-0.39, 0.29) is 7.43 Å². The van der Waals surface area contributed by atoms with Gasteiger partial charge in [-0.3, -0.25) is 0 Å². The van der Waals surface area contributed by atoms with E-state index in [0.717, 1.165) is 0 Å². The van der Waals surface area contributed by atoms with Crippen molar-refractivity contribution in [1.82, 2.24) is 18.3 Å². The topological polar surface area (TPSA) is 19.7 Å². The zero-order chi connectivity index (χ0) is 54.6. The second-order valence-electron chi connectivity index (χ2n) is 20.8. The maximum Gasteiger partial charge on any atom is 0.0709 e. The van der Waals surface area contributed by atoms with Gasteiger partial charge in [-0.15, -0.1) is 9.24 Å². The van der Waals surface area contributed by atoms with E-state index in [9.17, 15) is 0 Å². The third-order valence-corrected chi connectivity index (χ3v) is 16.1. The van der Waals surface area contributed by atoms with Gasteiger partial charge in [0.25, 0.3) is 0 Å². The first kappa shape index (κ1) is 51.8. The molecular weight excluding hydrogens is 1010 g/mol. The Balaban J connectivity index is 0.000000146. The second-order valence-corrected chi connectivity index (χ2v) is 21.3. The van der Waals surface area contributed by atoms with Crippen LogP contribution in [0.1, 0.15) is 18.6 Å². The number of nitrogens with zero attached hydrogens (tertiary/aromatic N) is 4. The quantitative estimate of drug-likeness (QED) is 0.117. The van der Waals surface area contributed by atoms with E-state index >= 15 is 0 Å². The molecule has 82 heavy (non-hydrogen) atoms. The summed E-state index contributed by atoms with van der Waals surface area (Å²) in [5, 5.41) is 10.3. The van der Waals surface area contributed by atoms with Gasteiger partial charge in [0.2, 0.25) is 0 Å². The Morgan fingerprint density at radius 3 is 0.659 bits per heavy atom. The number of aromatic nitrogens is 4. The summed E-state index contributed by atoms with van der Waals surface area (Å²) >= 11 is 0. The summed E-state index contributed by atoms with van der Waals surface area (Å²) in [5.41, 5.74) is 22.1. The fraction of sp³-hybridized carbons (Fsp3) is 0.0526. The molecule has 12 aromatic carbocycles. The van der Waals surface area contributed by atoms with Crippen LogP contribution >= 0.6 is 9.24 Å². The summed E-state index contributed by atoms with van der Waals surface area (Å²) < 4.78 is 9.50. The standard InChI is InChI=1S/C38H28N2.C36H24N2.CH4BP.CH4/c1-25-23-27(39-35-15-7-3-11-31(35)32-12-4-8-16-36(32)39)19-21-29(25)30-22-20-28(24-26(30)2)40-37-17-9-5-13-33(37)34-14-6-10-18-38(34)40;1-5-13-33-29(9-1)30-10-2-6-14-34(30)37(33)27-21-17-25(18-22-27)26-19-23-28(24-20-26)38-35-15-7-3-11-31(35)32-12-4-8-16-36(32)38;2-1-3;/h3-24H,1-2H3;1-24H;1,3H2;1H4. The van der Waals surface area contributed by atoms with Gasteiger partial charge in [0.05, 0.1) is 52.0 Å². The molecule has 6 heteroatoms. The SMILES string of the molecule is C.Cc1cc(-n2c3ccccc3c3ccccc32)ccc1-c1ccc(-n2c3ccccc3c3ccccc32)cc1C.[B]CP.c1ccc2c(c1)c1ccccc1n2-c1ccc(-c2ccc(-n3c4ccccc4c4ccccc43)cc2)cc1. The van der Waals surface area contributed by atoms with Crippen molar-refractivity contribution in [2.45, 2.75) is 21.3 Å². The van der Waals surface area contributed by atoms with Gasteiger partial charge >= 0.3 is 0 Å². The molecule has 1 atom stereocenters. The zero-order valence-electron chi connectivity index (χ0n) is 45.2. The van der Waals surface area contributed by atoms with Crippen LogP contribution in [-0.4, -0.2) is 32.2 Å². The van der Waals surface area contributed by atoms with Crippen molar-refractivity contribution in [1.29, 1.82) is 0 Å². The minimum absolute atomic E-state index is 0. The summed E-state index contributed by atoms with van der Waals surface area (Å²) in [6.07, 6.45) is 0. The van der Waals surface area contributed by atoms with E-state index in [0.29, 0.717) is 6.06 Å². The summed E-state index contributed by atoms with van der Waals surface area (Å²) in [4.78, 5) is 0. The average molecular weight is 1070 g/mol. The maximum absolute atomic E-state index is 4.81. The van der Waals surface area contributed by atoms with Crippen molar-refractivity contribution in [2.24, 2.45) is 0 Å². The average Bonchev–Trinajstić information content (AvgIpc) is 3.55. The van der Waals surface area contributed by atoms with Crippen LogP contribution in [-0.2, 0) is 0 Å². The Bertz CT molecular complexity index is 4490. The first-order valence-corrected chi connectivity index (χ1v) is 28.6. The molecule has 1 unspecified atom stereocenters. The monoisotopic (exact) mass is 1070 g/mol. The minimum atomic E-state index is 0. The number of para-hydroxylation sites is 8. The van der Waals surface area contributed by atoms with E-state index in [1.165, 1.54) is 143 Å². The highest BCUT2D eigenvalue weighted by Crippen LogP contribution is 2.39. The van der Waals surface area contributed by atoms with Crippen molar-refractivity contribution >= 4 is 104 Å². The summed E-state index contributed by atoms with van der Waals surface area (Å²) in [6.45, 7) is 4.46. The van der Waals surface area contributed by atoms with Gasteiger partial charge < -0.3 is 18.3 Å². The van der Waals surface area contributed by atoms with Gasteiger partial charge in [0.15, 0.2) is 0 Å². The Kier molecular flexibility index (Phi) is 13.7. The predicted octanol–water partition coefficient (Wildman–Crippen LogP) is 20.3. The first-order valence-electron chi connectivity index (χ1n) is 27.7. The van der Waals surface area contributed by atoms with Gasteiger partial charge in [0.1, 0.15) is 0 Å². The van der Waals surface area contributed by atoms with E-state index in [1.54, 1.807) is 0 Å². The third kappa shape index (κ3) is 8.77. The lowest BCUT2D eigenvalue weighted by atomic mass is 9.95. The molecule has 4 nitrogen and oxygen atoms in total. The van der Waals surface area contributed by atoms with Crippen LogP contribution in [0.15, 0.2) is 279 Å². The molecule has 0 fully saturated rings. The molecule has 2 radical (unpaired) electrons. The summed E-state index contributed by atoms with van der Waals surface area (Å²) in [5.74, 6) is 0. The van der Waals surface area contributed by atoms with Crippen LogP contribution in [0.25, 0.3) is 132 Å². The Morgan fingerprint density at radius 1 is 0.268 bits per heavy atom. The van der Waals surface area contributed by atoms with E-state index in [1.807, 2.05) is 0 Å². The lowest BCUT2D eigenvalue weighted by Crippen LogP contribution is -1.98. The van der Waals surface area contributed by atoms with Crippen LogP contribution in [0.3, 0.4) is 0 Å². The molecule has 0 aliphatic carbocycles. The van der Waals surface area contributed by atoms with Gasteiger partial charge in [0, 0.05) is 65.8 Å². The summed E-state index contributed by atoms with van der Waals surface area (Å²) in [6, 6.07) is 102. The van der Waals surface area contributed by atoms with E-state index < -0.39 is 0 Å². The van der Waals surface area contributed by atoms with Gasteiger partial charge in [-0.05, 0) is 144 Å². The highest BCUT2D eigenvalue weighted by molar-refractivity contribution is 7.19. The molecule has 0 N–H and O–H groups in total. The van der Waals surface area contributed by atoms with Crippen LogP contribution in [0, 0.1) is 13.8 Å². The van der Waals surface area contributed by atoms with E-state index in [4.69, 9.17) is 7.85 Å². The van der Waals surface area contributed by atoms with Crippen molar-refractivity contribution in [2.75, 3.05) is 6.06 Å². The molecule has 16 aromatic rings. The van der Waals surface area contributed by atoms with Crippen molar-refractivity contribution < 1.29 is 0 Å². The minimum Gasteiger partial charge on any atom is -0.309 e. The normalized spacial score (nSPS) is 11.4. The van der Waals surface area contributed by atoms with Gasteiger partial charge in [-0.25, -0.2) is 0 Å². The van der Waals surface area contributed by atoms with Crippen molar-refractivity contribution in [3.05, 3.63) is 290 Å². The highest BCUT2D eigenvalue weighted by atomic mass is 31.0. The molecule has 0 saturated carbocycles. The smallest absolute Gasteiger partial charge is 0.0709 e. The fourth-order valence-corrected chi connectivity index (χ4v) is 12.6. The van der Waals surface area contributed by atoms with Crippen LogP contribution < -0.4 is 0 Å². The number of aryl methyl sites for hydroxylation is 2. The lowest BCUT2D eigenvalue weighted by Gasteiger charge is -2.15. The van der Waals surface area contributed by atoms with E-state index in [2.05, 4.69) is 320 Å². The Labute approximate surface area is 482 Å². The second kappa shape index (κ2) is 21.8. The van der Waals surface area contributed by atoms with Crippen molar-refractivity contribution in [3.8, 4) is 45.0 Å². The molecule has 0 saturated heterocycles. The number of rotatable bonds is 6. The van der Waals surface area contributed by atoms with Crippen LogP contribution in [0.4, 0.5) is 0 Å². The first-order chi connectivity index (χ1) is 40.0. The largest absolute Gasteiger partial charge is 0.309 e. The molecule has 0 amide bonds. The molecule has 0 bridgehead atoms.